The molecule has 1 amide bonds. The number of halogens is 1. The van der Waals surface area contributed by atoms with E-state index in [2.05, 4.69) is 4.98 Å². The third kappa shape index (κ3) is 3.92. The summed E-state index contributed by atoms with van der Waals surface area (Å²) in [6, 6.07) is 10.5. The molecule has 2 heterocycles. The summed E-state index contributed by atoms with van der Waals surface area (Å²) in [6.07, 6.45) is 0. The van der Waals surface area contributed by atoms with Crippen LogP contribution in [-0.4, -0.2) is 42.0 Å². The third-order valence-corrected chi connectivity index (χ3v) is 6.47. The van der Waals surface area contributed by atoms with E-state index in [1.54, 1.807) is 25.1 Å². The van der Waals surface area contributed by atoms with Crippen molar-refractivity contribution in [2.45, 2.75) is 13.0 Å². The van der Waals surface area contributed by atoms with Gasteiger partial charge in [0.1, 0.15) is 22.2 Å². The third-order valence-electron chi connectivity index (χ3n) is 5.34. The lowest BCUT2D eigenvalue weighted by Crippen LogP contribution is -2.29. The van der Waals surface area contributed by atoms with Gasteiger partial charge >= 0.3 is 11.9 Å². The Kier molecular flexibility index (Phi) is 6.16. The molecule has 0 saturated carbocycles. The first-order valence-corrected chi connectivity index (χ1v) is 10.8. The molecule has 0 bridgehead atoms. The lowest BCUT2D eigenvalue weighted by molar-refractivity contribution is -0.132. The van der Waals surface area contributed by atoms with E-state index in [-0.39, 0.29) is 21.1 Å². The number of aryl methyl sites for hydroxylation is 1. The van der Waals surface area contributed by atoms with E-state index in [0.29, 0.717) is 17.0 Å². The van der Waals surface area contributed by atoms with Gasteiger partial charge in [-0.1, -0.05) is 35.6 Å². The fraction of sp³-hybridized carbons (Fsp3) is 0.167. The number of aromatic nitrogens is 1. The van der Waals surface area contributed by atoms with E-state index in [0.717, 1.165) is 16.2 Å². The van der Waals surface area contributed by atoms with E-state index in [9.17, 15) is 23.9 Å². The van der Waals surface area contributed by atoms with Crippen molar-refractivity contribution in [2.75, 3.05) is 19.1 Å². The van der Waals surface area contributed by atoms with Crippen LogP contribution in [0.2, 0.25) is 0 Å². The molecule has 0 aliphatic carbocycles. The smallest absolute Gasteiger partial charge is 0.350 e. The standard InChI is InChI=1S/C24H19FN2O6S/c1-12-21(23(31)33-3)34-24(26-12)27-18(13-7-9-15(25)10-8-13)17(20(29)22(27)30)19(28)14-5-4-6-16(11-14)32-2/h4-11,18,28H,1-3H3/b19-17+. The molecule has 1 aromatic heterocycles. The Hall–Kier alpha value is -4.05. The van der Waals surface area contributed by atoms with Crippen LogP contribution in [0.4, 0.5) is 9.52 Å². The number of hydrogen-bond donors (Lipinski definition) is 1. The lowest BCUT2D eigenvalue weighted by Gasteiger charge is -2.23. The van der Waals surface area contributed by atoms with Gasteiger partial charge in [-0.2, -0.15) is 0 Å². The van der Waals surface area contributed by atoms with E-state index >= 15 is 0 Å². The van der Waals surface area contributed by atoms with Gasteiger partial charge in [0.2, 0.25) is 0 Å². The fourth-order valence-electron chi connectivity index (χ4n) is 3.68. The summed E-state index contributed by atoms with van der Waals surface area (Å²) in [4.78, 5) is 44.0. The van der Waals surface area contributed by atoms with Crippen LogP contribution >= 0.6 is 11.3 Å². The number of aliphatic hydroxyl groups is 1. The van der Waals surface area contributed by atoms with Gasteiger partial charge in [0.05, 0.1) is 31.5 Å². The number of aliphatic hydroxyl groups excluding tert-OH is 1. The molecule has 1 fully saturated rings. The zero-order chi connectivity index (χ0) is 24.6. The second kappa shape index (κ2) is 9.06. The number of Topliss-reactive ketones (excluding diaryl/α,β-unsaturated/α-hetero) is 1. The lowest BCUT2D eigenvalue weighted by atomic mass is 9.95. The van der Waals surface area contributed by atoms with E-state index in [1.165, 1.54) is 44.6 Å². The van der Waals surface area contributed by atoms with Crippen molar-refractivity contribution in [3.8, 4) is 5.75 Å². The molecule has 1 saturated heterocycles. The average molecular weight is 482 g/mol. The number of esters is 1. The maximum absolute atomic E-state index is 13.7. The van der Waals surface area contributed by atoms with Gasteiger partial charge in [-0.15, -0.1) is 0 Å². The Labute approximate surface area is 197 Å². The van der Waals surface area contributed by atoms with Crippen LogP contribution in [-0.2, 0) is 14.3 Å². The minimum Gasteiger partial charge on any atom is -0.507 e. The molecule has 34 heavy (non-hydrogen) atoms. The number of nitrogens with zero attached hydrogens (tertiary/aromatic N) is 2. The molecule has 3 aromatic rings. The predicted molar refractivity (Wildman–Crippen MR) is 122 cm³/mol. The van der Waals surface area contributed by atoms with Crippen molar-refractivity contribution in [2.24, 2.45) is 0 Å². The Balaban J connectivity index is 1.93. The summed E-state index contributed by atoms with van der Waals surface area (Å²) in [7, 11) is 2.68. The number of benzene rings is 2. The summed E-state index contributed by atoms with van der Waals surface area (Å²) in [6.45, 7) is 1.58. The highest BCUT2D eigenvalue weighted by Crippen LogP contribution is 2.44. The molecule has 1 N–H and O–H groups in total. The summed E-state index contributed by atoms with van der Waals surface area (Å²) in [5.74, 6) is -3.00. The molecular weight excluding hydrogens is 463 g/mol. The molecule has 174 valence electrons. The van der Waals surface area contributed by atoms with Crippen molar-refractivity contribution in [3.05, 3.63) is 81.6 Å². The van der Waals surface area contributed by atoms with Crippen molar-refractivity contribution in [1.29, 1.82) is 0 Å². The first-order chi connectivity index (χ1) is 16.3. The average Bonchev–Trinajstić information content (AvgIpc) is 3.35. The molecule has 1 aliphatic rings. The van der Waals surface area contributed by atoms with Crippen LogP contribution < -0.4 is 9.64 Å². The molecule has 1 atom stereocenters. The number of rotatable bonds is 5. The number of ketones is 1. The summed E-state index contributed by atoms with van der Waals surface area (Å²) in [5.41, 5.74) is 0.754. The molecule has 8 nitrogen and oxygen atoms in total. The molecule has 1 unspecified atom stereocenters. The summed E-state index contributed by atoms with van der Waals surface area (Å²) in [5, 5.41) is 11.2. The topological polar surface area (TPSA) is 106 Å². The number of carbonyl (C=O) groups is 3. The summed E-state index contributed by atoms with van der Waals surface area (Å²) < 4.78 is 23.6. The number of carbonyl (C=O) groups excluding carboxylic acids is 3. The Bertz CT molecular complexity index is 1330. The second-order valence-electron chi connectivity index (χ2n) is 7.36. The van der Waals surface area contributed by atoms with E-state index in [1.807, 2.05) is 0 Å². The van der Waals surface area contributed by atoms with Gasteiger partial charge in [-0.05, 0) is 36.8 Å². The number of amides is 1. The normalized spacial score (nSPS) is 17.2. The Morgan fingerprint density at radius 2 is 1.85 bits per heavy atom. The Morgan fingerprint density at radius 3 is 2.50 bits per heavy atom. The second-order valence-corrected chi connectivity index (χ2v) is 8.33. The zero-order valence-electron chi connectivity index (χ0n) is 18.4. The van der Waals surface area contributed by atoms with E-state index in [4.69, 9.17) is 9.47 Å². The van der Waals surface area contributed by atoms with Crippen LogP contribution in [0.15, 0.2) is 54.1 Å². The number of thiazole rings is 1. The largest absolute Gasteiger partial charge is 0.507 e. The Morgan fingerprint density at radius 1 is 1.15 bits per heavy atom. The monoisotopic (exact) mass is 482 g/mol. The summed E-state index contributed by atoms with van der Waals surface area (Å²) >= 11 is 0.881. The zero-order valence-corrected chi connectivity index (χ0v) is 19.2. The number of hydrogen-bond acceptors (Lipinski definition) is 8. The van der Waals surface area contributed by atoms with Crippen molar-refractivity contribution in [3.63, 3.8) is 0 Å². The number of ether oxygens (including phenoxy) is 2. The maximum atomic E-state index is 13.7. The molecule has 2 aromatic carbocycles. The predicted octanol–water partition coefficient (Wildman–Crippen LogP) is 4.01. The highest BCUT2D eigenvalue weighted by atomic mass is 32.1. The first-order valence-electron chi connectivity index (χ1n) is 10.0. The number of anilines is 1. The minimum atomic E-state index is -1.11. The first kappa shape index (κ1) is 23.1. The molecule has 1 aliphatic heterocycles. The van der Waals surface area contributed by atoms with Crippen LogP contribution in [0.1, 0.15) is 32.5 Å². The van der Waals surface area contributed by atoms with Crippen LogP contribution in [0.25, 0.3) is 5.76 Å². The van der Waals surface area contributed by atoms with Crippen molar-refractivity contribution in [1.82, 2.24) is 4.98 Å². The highest BCUT2D eigenvalue weighted by molar-refractivity contribution is 7.17. The van der Waals surface area contributed by atoms with Crippen molar-refractivity contribution >= 4 is 39.9 Å². The quantitative estimate of drug-likeness (QED) is 0.253. The molecule has 0 spiro atoms. The van der Waals surface area contributed by atoms with Gasteiger partial charge in [0.15, 0.2) is 5.13 Å². The minimum absolute atomic E-state index is 0.0685. The van der Waals surface area contributed by atoms with Crippen LogP contribution in [0.3, 0.4) is 0 Å². The maximum Gasteiger partial charge on any atom is 0.350 e. The van der Waals surface area contributed by atoms with Crippen LogP contribution in [0, 0.1) is 12.7 Å². The molecular formula is C24H19FN2O6S. The van der Waals surface area contributed by atoms with Crippen LogP contribution in [0.5, 0.6) is 5.75 Å². The highest BCUT2D eigenvalue weighted by Gasteiger charge is 2.48. The molecule has 10 heteroatoms. The van der Waals surface area contributed by atoms with Gasteiger partial charge in [-0.25, -0.2) is 14.2 Å². The van der Waals surface area contributed by atoms with Gasteiger partial charge in [0, 0.05) is 5.56 Å². The fourth-order valence-corrected chi connectivity index (χ4v) is 4.70. The van der Waals surface area contributed by atoms with Gasteiger partial charge in [-0.3, -0.25) is 14.5 Å². The molecule has 4 rings (SSSR count). The SMILES string of the molecule is COC(=O)c1sc(N2C(=O)C(=O)/C(=C(/O)c3cccc(OC)c3)C2c2ccc(F)cc2)nc1C. The van der Waals surface area contributed by atoms with Gasteiger partial charge in [0.25, 0.3) is 5.78 Å². The van der Waals surface area contributed by atoms with Crippen molar-refractivity contribution < 1.29 is 33.4 Å². The van der Waals surface area contributed by atoms with Gasteiger partial charge < -0.3 is 14.6 Å². The number of methoxy groups -OCH3 is 2. The van der Waals surface area contributed by atoms with E-state index < -0.39 is 35.3 Å². The molecule has 0 radical (unpaired) electrons.